The van der Waals surface area contributed by atoms with Crippen molar-refractivity contribution in [2.24, 2.45) is 5.73 Å². The fourth-order valence-electron chi connectivity index (χ4n) is 2.87. The van der Waals surface area contributed by atoms with Crippen molar-refractivity contribution in [2.75, 3.05) is 18.5 Å². The van der Waals surface area contributed by atoms with Gasteiger partial charge in [0, 0.05) is 17.7 Å². The summed E-state index contributed by atoms with van der Waals surface area (Å²) in [4.78, 5) is 38.3. The number of guanidine groups is 1. The topological polar surface area (TPSA) is 147 Å². The second-order valence-corrected chi connectivity index (χ2v) is 6.59. The van der Waals surface area contributed by atoms with Gasteiger partial charge in [-0.05, 0) is 37.6 Å². The molecule has 0 aliphatic rings. The third-order valence-corrected chi connectivity index (χ3v) is 4.23. The van der Waals surface area contributed by atoms with Crippen LogP contribution in [0.15, 0.2) is 54.6 Å². The molecule has 0 saturated carbocycles. The molecule has 10 nitrogen and oxygen atoms in total. The van der Waals surface area contributed by atoms with Crippen molar-refractivity contribution in [1.82, 2.24) is 10.4 Å². The summed E-state index contributed by atoms with van der Waals surface area (Å²) in [6.45, 7) is 3.42. The highest BCUT2D eigenvalue weighted by Crippen LogP contribution is 2.14. The largest absolute Gasteiger partial charge is 0.464 e. The molecule has 0 heterocycles. The van der Waals surface area contributed by atoms with Crippen LogP contribution in [0.3, 0.4) is 0 Å². The van der Waals surface area contributed by atoms with Gasteiger partial charge in [0.2, 0.25) is 0 Å². The quantitative estimate of drug-likeness (QED) is 0.213. The van der Waals surface area contributed by atoms with E-state index < -0.39 is 24.0 Å². The first-order chi connectivity index (χ1) is 15.3. The summed E-state index contributed by atoms with van der Waals surface area (Å²) in [6.07, 6.45) is -0.794. The fraction of sp³-hybridized carbons (Fsp3) is 0.273. The molecule has 2 aromatic rings. The predicted molar refractivity (Wildman–Crippen MR) is 119 cm³/mol. The molecule has 0 aromatic heterocycles. The molecule has 0 bridgehead atoms. The van der Waals surface area contributed by atoms with Gasteiger partial charge in [-0.1, -0.05) is 36.4 Å². The van der Waals surface area contributed by atoms with Crippen LogP contribution in [-0.4, -0.2) is 48.2 Å². The Kier molecular flexibility index (Phi) is 9.03. The molecule has 0 spiro atoms. The number of anilines is 1. The van der Waals surface area contributed by atoms with E-state index >= 15 is 0 Å². The number of hydrogen-bond donors (Lipinski definition) is 4. The molecule has 10 heteroatoms. The second kappa shape index (κ2) is 11.9. The van der Waals surface area contributed by atoms with Gasteiger partial charge in [-0.3, -0.25) is 15.6 Å². The Morgan fingerprint density at radius 3 is 2.34 bits per heavy atom. The standard InChI is InChI=1S/C22H27N5O5/c1-3-31-20(29)18(13-15-9-6-5-7-10-15)27(22(30)32-4-2)26-19(28)16-11-8-12-17(14-16)25-21(23)24/h5-12,14,18H,3-4,13H2,1-2H3,(H,26,28)(H4,23,24,25). The van der Waals surface area contributed by atoms with Crippen molar-refractivity contribution in [3.8, 4) is 0 Å². The first-order valence-corrected chi connectivity index (χ1v) is 10.0. The number of nitrogens with one attached hydrogen (secondary N) is 3. The zero-order valence-corrected chi connectivity index (χ0v) is 18.0. The van der Waals surface area contributed by atoms with Crippen LogP contribution in [0.4, 0.5) is 10.5 Å². The molecule has 170 valence electrons. The lowest BCUT2D eigenvalue weighted by molar-refractivity contribution is -0.149. The maximum Gasteiger partial charge on any atom is 0.429 e. The lowest BCUT2D eigenvalue weighted by Gasteiger charge is -2.29. The van der Waals surface area contributed by atoms with Crippen LogP contribution in [-0.2, 0) is 20.7 Å². The number of hydrogen-bond acceptors (Lipinski definition) is 6. The number of nitrogens with two attached hydrogens (primary N) is 1. The number of nitrogens with zero attached hydrogens (tertiary/aromatic N) is 1. The molecule has 0 fully saturated rings. The maximum atomic E-state index is 12.9. The highest BCUT2D eigenvalue weighted by atomic mass is 16.6. The van der Waals surface area contributed by atoms with Crippen molar-refractivity contribution < 1.29 is 23.9 Å². The number of hydrazine groups is 1. The van der Waals surface area contributed by atoms with Crippen molar-refractivity contribution in [1.29, 1.82) is 5.41 Å². The van der Waals surface area contributed by atoms with Gasteiger partial charge in [0.25, 0.3) is 5.91 Å². The molecule has 2 rings (SSSR count). The monoisotopic (exact) mass is 441 g/mol. The van der Waals surface area contributed by atoms with Crippen LogP contribution < -0.4 is 16.5 Å². The zero-order chi connectivity index (χ0) is 23.5. The molecule has 0 saturated heterocycles. The van der Waals surface area contributed by atoms with Crippen molar-refractivity contribution >= 4 is 29.6 Å². The van der Waals surface area contributed by atoms with Crippen LogP contribution in [0.25, 0.3) is 0 Å². The van der Waals surface area contributed by atoms with E-state index in [0.717, 1.165) is 10.6 Å². The van der Waals surface area contributed by atoms with Gasteiger partial charge in [0.1, 0.15) is 0 Å². The smallest absolute Gasteiger partial charge is 0.429 e. The molecular formula is C22H27N5O5. The lowest BCUT2D eigenvalue weighted by atomic mass is 10.1. The Morgan fingerprint density at radius 2 is 1.72 bits per heavy atom. The number of amides is 2. The van der Waals surface area contributed by atoms with E-state index in [4.69, 9.17) is 20.6 Å². The molecule has 0 aliphatic carbocycles. The molecule has 1 unspecified atom stereocenters. The minimum absolute atomic E-state index is 0.0457. The second-order valence-electron chi connectivity index (χ2n) is 6.59. The van der Waals surface area contributed by atoms with Crippen LogP contribution >= 0.6 is 0 Å². The summed E-state index contributed by atoms with van der Waals surface area (Å²) in [5.41, 5.74) is 9.15. The van der Waals surface area contributed by atoms with Crippen LogP contribution in [0.2, 0.25) is 0 Å². The molecule has 5 N–H and O–H groups in total. The highest BCUT2D eigenvalue weighted by Gasteiger charge is 2.34. The number of carbonyl (C=O) groups is 3. The molecule has 2 amide bonds. The van der Waals surface area contributed by atoms with E-state index in [0.29, 0.717) is 5.69 Å². The first-order valence-electron chi connectivity index (χ1n) is 10.0. The van der Waals surface area contributed by atoms with Crippen LogP contribution in [0.1, 0.15) is 29.8 Å². The van der Waals surface area contributed by atoms with Gasteiger partial charge in [-0.15, -0.1) is 0 Å². The summed E-state index contributed by atoms with van der Waals surface area (Å²) in [6, 6.07) is 14.1. The Hall–Kier alpha value is -4.08. The molecule has 32 heavy (non-hydrogen) atoms. The minimum atomic E-state index is -1.15. The molecule has 1 atom stereocenters. The molecule has 0 aliphatic heterocycles. The Bertz CT molecular complexity index is 951. The average molecular weight is 441 g/mol. The number of carbonyl (C=O) groups excluding carboxylic acids is 3. The zero-order valence-electron chi connectivity index (χ0n) is 18.0. The average Bonchev–Trinajstić information content (AvgIpc) is 2.76. The van der Waals surface area contributed by atoms with Gasteiger partial charge in [-0.25, -0.2) is 14.6 Å². The number of rotatable bonds is 8. The lowest BCUT2D eigenvalue weighted by Crippen LogP contribution is -2.56. The molecule has 0 radical (unpaired) electrons. The summed E-state index contributed by atoms with van der Waals surface area (Å²) in [7, 11) is 0. The number of ether oxygens (including phenoxy) is 2. The Labute approximate surface area is 186 Å². The van der Waals surface area contributed by atoms with Crippen molar-refractivity contribution in [3.63, 3.8) is 0 Å². The minimum Gasteiger partial charge on any atom is -0.464 e. The van der Waals surface area contributed by atoms with Gasteiger partial charge in [0.05, 0.1) is 13.2 Å². The van der Waals surface area contributed by atoms with E-state index in [1.807, 2.05) is 6.07 Å². The van der Waals surface area contributed by atoms with Crippen LogP contribution in [0.5, 0.6) is 0 Å². The summed E-state index contributed by atoms with van der Waals surface area (Å²) < 4.78 is 10.2. The fourth-order valence-corrected chi connectivity index (χ4v) is 2.87. The van der Waals surface area contributed by atoms with E-state index in [9.17, 15) is 14.4 Å². The maximum absolute atomic E-state index is 12.9. The van der Waals surface area contributed by atoms with Gasteiger partial charge >= 0.3 is 12.1 Å². The van der Waals surface area contributed by atoms with E-state index in [1.54, 1.807) is 50.2 Å². The van der Waals surface area contributed by atoms with E-state index in [1.165, 1.54) is 12.1 Å². The summed E-state index contributed by atoms with van der Waals surface area (Å²) in [5.74, 6) is -1.63. The van der Waals surface area contributed by atoms with Gasteiger partial charge in [-0.2, -0.15) is 0 Å². The van der Waals surface area contributed by atoms with E-state index in [-0.39, 0.29) is 31.2 Å². The third kappa shape index (κ3) is 7.01. The van der Waals surface area contributed by atoms with Gasteiger partial charge < -0.3 is 20.5 Å². The number of benzene rings is 2. The number of esters is 1. The third-order valence-electron chi connectivity index (χ3n) is 4.23. The first kappa shape index (κ1) is 24.2. The predicted octanol–water partition coefficient (Wildman–Crippen LogP) is 2.27. The van der Waals surface area contributed by atoms with Crippen molar-refractivity contribution in [3.05, 3.63) is 65.7 Å². The Balaban J connectivity index is 2.34. The Morgan fingerprint density at radius 1 is 1.03 bits per heavy atom. The summed E-state index contributed by atoms with van der Waals surface area (Å²) >= 11 is 0. The molecular weight excluding hydrogens is 414 g/mol. The molecule has 2 aromatic carbocycles. The summed E-state index contributed by atoms with van der Waals surface area (Å²) in [5, 5.41) is 10.8. The normalized spacial score (nSPS) is 11.1. The van der Waals surface area contributed by atoms with Crippen LogP contribution in [0, 0.1) is 5.41 Å². The highest BCUT2D eigenvalue weighted by molar-refractivity contribution is 5.98. The van der Waals surface area contributed by atoms with Crippen molar-refractivity contribution in [2.45, 2.75) is 26.3 Å². The van der Waals surface area contributed by atoms with Gasteiger partial charge in [0.15, 0.2) is 12.0 Å². The van der Waals surface area contributed by atoms with E-state index in [2.05, 4.69) is 10.7 Å². The SMILES string of the molecule is CCOC(=O)C(Cc1ccccc1)N(NC(=O)c1cccc(NC(=N)N)c1)C(=O)OCC.